The van der Waals surface area contributed by atoms with Gasteiger partial charge in [-0.25, -0.2) is 0 Å². The molecule has 0 radical (unpaired) electrons. The van der Waals surface area contributed by atoms with Crippen molar-refractivity contribution in [1.29, 1.82) is 0 Å². The van der Waals surface area contributed by atoms with Gasteiger partial charge in [-0.2, -0.15) is 0 Å². The zero-order chi connectivity index (χ0) is 15.3. The number of hydrogen-bond donors (Lipinski definition) is 3. The molecule has 0 amide bonds. The average Bonchev–Trinajstić information content (AvgIpc) is 2.43. The predicted molar refractivity (Wildman–Crippen MR) is 85.6 cm³/mol. The minimum Gasteiger partial charge on any atom is -0.508 e. The molecular formula is C18H23NO2. The molecule has 3 rings (SSSR count). The highest BCUT2D eigenvalue weighted by atomic mass is 16.3. The molecule has 3 nitrogen and oxygen atoms in total. The lowest BCUT2D eigenvalue weighted by Gasteiger charge is -2.38. The number of benzene rings is 2. The number of phenols is 2. The molecular weight excluding hydrogens is 262 g/mol. The third-order valence-corrected chi connectivity index (χ3v) is 4.54. The van der Waals surface area contributed by atoms with Gasteiger partial charge in [0.1, 0.15) is 11.5 Å². The van der Waals surface area contributed by atoms with Gasteiger partial charge in [0.05, 0.1) is 0 Å². The van der Waals surface area contributed by atoms with Crippen LogP contribution in [0.3, 0.4) is 0 Å². The molecule has 0 saturated carbocycles. The van der Waals surface area contributed by atoms with Gasteiger partial charge in [-0.15, -0.1) is 0 Å². The summed E-state index contributed by atoms with van der Waals surface area (Å²) in [5.74, 6) is 1.34. The lowest BCUT2D eigenvalue weighted by Crippen LogP contribution is -2.36. The Kier molecular flexibility index (Phi) is 3.33. The normalized spacial score (nSPS) is 21.4. The Bertz CT molecular complexity index is 636. The SMILES string of the molecule is CC(C)C1NC(C(C)C)c2c(O)ccc3ccc(O)c1c23. The molecule has 2 atom stereocenters. The number of hydrogen-bond acceptors (Lipinski definition) is 3. The number of rotatable bonds is 2. The summed E-state index contributed by atoms with van der Waals surface area (Å²) in [5, 5.41) is 26.5. The van der Waals surface area contributed by atoms with E-state index in [-0.39, 0.29) is 12.1 Å². The van der Waals surface area contributed by atoms with Crippen LogP contribution in [0, 0.1) is 11.8 Å². The minimum absolute atomic E-state index is 0.0930. The number of phenolic OH excluding ortho intramolecular Hbond substituents is 2. The molecule has 3 N–H and O–H groups in total. The fourth-order valence-corrected chi connectivity index (χ4v) is 3.49. The molecule has 0 saturated heterocycles. The Balaban J connectivity index is 2.42. The van der Waals surface area contributed by atoms with Crippen LogP contribution in [-0.4, -0.2) is 10.2 Å². The second-order valence-corrected chi connectivity index (χ2v) is 6.70. The maximum Gasteiger partial charge on any atom is 0.121 e. The average molecular weight is 285 g/mol. The summed E-state index contributed by atoms with van der Waals surface area (Å²) in [5.41, 5.74) is 1.84. The van der Waals surface area contributed by atoms with Gasteiger partial charge < -0.3 is 15.5 Å². The van der Waals surface area contributed by atoms with Crippen molar-refractivity contribution >= 4 is 10.8 Å². The van der Waals surface area contributed by atoms with Crippen molar-refractivity contribution in [2.45, 2.75) is 39.8 Å². The van der Waals surface area contributed by atoms with E-state index >= 15 is 0 Å². The molecule has 0 aromatic heterocycles. The predicted octanol–water partition coefficient (Wildman–Crippen LogP) is 4.25. The van der Waals surface area contributed by atoms with Crippen molar-refractivity contribution < 1.29 is 10.2 Å². The van der Waals surface area contributed by atoms with Crippen LogP contribution in [0.5, 0.6) is 11.5 Å². The molecule has 2 unspecified atom stereocenters. The van der Waals surface area contributed by atoms with Crippen LogP contribution in [0.15, 0.2) is 24.3 Å². The van der Waals surface area contributed by atoms with E-state index in [1.165, 1.54) is 0 Å². The van der Waals surface area contributed by atoms with Gasteiger partial charge in [-0.05, 0) is 34.7 Å². The van der Waals surface area contributed by atoms with Crippen molar-refractivity contribution in [3.63, 3.8) is 0 Å². The highest BCUT2D eigenvalue weighted by Crippen LogP contribution is 2.48. The Hall–Kier alpha value is -1.74. The Morgan fingerprint density at radius 1 is 0.810 bits per heavy atom. The zero-order valence-corrected chi connectivity index (χ0v) is 13.0. The zero-order valence-electron chi connectivity index (χ0n) is 13.0. The third-order valence-electron chi connectivity index (χ3n) is 4.54. The smallest absolute Gasteiger partial charge is 0.121 e. The van der Waals surface area contributed by atoms with Crippen LogP contribution in [-0.2, 0) is 0 Å². The lowest BCUT2D eigenvalue weighted by atomic mass is 9.79. The van der Waals surface area contributed by atoms with Gasteiger partial charge >= 0.3 is 0 Å². The van der Waals surface area contributed by atoms with Crippen molar-refractivity contribution in [3.05, 3.63) is 35.4 Å². The van der Waals surface area contributed by atoms with Gasteiger partial charge in [0.25, 0.3) is 0 Å². The monoisotopic (exact) mass is 285 g/mol. The molecule has 3 heteroatoms. The lowest BCUT2D eigenvalue weighted by molar-refractivity contribution is 0.294. The largest absolute Gasteiger partial charge is 0.508 e. The summed E-state index contributed by atoms with van der Waals surface area (Å²) in [4.78, 5) is 0. The number of aromatic hydroxyl groups is 2. The van der Waals surface area contributed by atoms with Crippen LogP contribution in [0.4, 0.5) is 0 Å². The maximum atomic E-state index is 10.4. The van der Waals surface area contributed by atoms with Crippen molar-refractivity contribution in [2.24, 2.45) is 11.8 Å². The van der Waals surface area contributed by atoms with Gasteiger partial charge in [-0.1, -0.05) is 39.8 Å². The van der Waals surface area contributed by atoms with E-state index in [0.29, 0.717) is 23.3 Å². The van der Waals surface area contributed by atoms with Gasteiger partial charge in [0.2, 0.25) is 0 Å². The van der Waals surface area contributed by atoms with Crippen LogP contribution in [0.2, 0.25) is 0 Å². The molecule has 1 aliphatic heterocycles. The molecule has 0 bridgehead atoms. The summed E-state index contributed by atoms with van der Waals surface area (Å²) in [6, 6.07) is 7.55. The molecule has 1 heterocycles. The molecule has 0 aliphatic carbocycles. The maximum absolute atomic E-state index is 10.4. The van der Waals surface area contributed by atoms with Crippen molar-refractivity contribution in [3.8, 4) is 11.5 Å². The number of nitrogens with one attached hydrogen (secondary N) is 1. The fourth-order valence-electron chi connectivity index (χ4n) is 3.49. The standard InChI is InChI=1S/C18H23NO2/c1-9(2)17-15-12(20)7-5-11-6-8-13(21)16(14(11)15)18(19-17)10(3)4/h5-10,17-21H,1-4H3. The van der Waals surface area contributed by atoms with E-state index in [2.05, 4.69) is 33.0 Å². The van der Waals surface area contributed by atoms with Crippen molar-refractivity contribution in [1.82, 2.24) is 5.32 Å². The van der Waals surface area contributed by atoms with E-state index in [9.17, 15) is 10.2 Å². The Labute approximate surface area is 125 Å². The summed E-state index contributed by atoms with van der Waals surface area (Å²) in [6.07, 6.45) is 0. The molecule has 112 valence electrons. The van der Waals surface area contributed by atoms with Crippen LogP contribution >= 0.6 is 0 Å². The van der Waals surface area contributed by atoms with Crippen LogP contribution in [0.25, 0.3) is 10.8 Å². The highest BCUT2D eigenvalue weighted by molar-refractivity contribution is 5.94. The molecule has 21 heavy (non-hydrogen) atoms. The minimum atomic E-state index is 0.0930. The quantitative estimate of drug-likeness (QED) is 0.773. The van der Waals surface area contributed by atoms with E-state index < -0.39 is 0 Å². The van der Waals surface area contributed by atoms with Gasteiger partial charge in [0.15, 0.2) is 0 Å². The third kappa shape index (κ3) is 2.07. The van der Waals surface area contributed by atoms with E-state index in [0.717, 1.165) is 21.9 Å². The van der Waals surface area contributed by atoms with E-state index in [1.54, 1.807) is 12.1 Å². The van der Waals surface area contributed by atoms with Crippen molar-refractivity contribution in [2.75, 3.05) is 0 Å². The first-order chi connectivity index (χ1) is 9.91. The molecule has 2 aromatic carbocycles. The second kappa shape index (κ2) is 4.92. The molecule has 1 aliphatic rings. The summed E-state index contributed by atoms with van der Waals surface area (Å²) >= 11 is 0. The van der Waals surface area contributed by atoms with Crippen LogP contribution in [0.1, 0.15) is 50.9 Å². The summed E-state index contributed by atoms with van der Waals surface area (Å²) < 4.78 is 0. The summed E-state index contributed by atoms with van der Waals surface area (Å²) in [7, 11) is 0. The Morgan fingerprint density at radius 3 is 1.62 bits per heavy atom. The topological polar surface area (TPSA) is 52.5 Å². The van der Waals surface area contributed by atoms with E-state index in [1.807, 2.05) is 12.1 Å². The fraction of sp³-hybridized carbons (Fsp3) is 0.444. The molecule has 0 fully saturated rings. The first-order valence-electron chi connectivity index (χ1n) is 7.65. The van der Waals surface area contributed by atoms with Gasteiger partial charge in [-0.3, -0.25) is 0 Å². The highest BCUT2D eigenvalue weighted by Gasteiger charge is 2.34. The Morgan fingerprint density at radius 2 is 1.24 bits per heavy atom. The summed E-state index contributed by atoms with van der Waals surface area (Å²) in [6.45, 7) is 8.62. The molecule has 2 aromatic rings. The first-order valence-corrected chi connectivity index (χ1v) is 7.65. The van der Waals surface area contributed by atoms with Crippen LogP contribution < -0.4 is 5.32 Å². The first kappa shape index (κ1) is 14.2. The van der Waals surface area contributed by atoms with E-state index in [4.69, 9.17) is 0 Å². The van der Waals surface area contributed by atoms with Gasteiger partial charge in [0, 0.05) is 23.2 Å². The molecule has 0 spiro atoms. The second-order valence-electron chi connectivity index (χ2n) is 6.70.